The van der Waals surface area contributed by atoms with Crippen molar-refractivity contribution < 1.29 is 18.7 Å². The summed E-state index contributed by atoms with van der Waals surface area (Å²) in [5, 5.41) is 12.5. The number of hydrogen-bond acceptors (Lipinski definition) is 2. The van der Waals surface area contributed by atoms with E-state index in [-0.39, 0.29) is 11.6 Å². The van der Waals surface area contributed by atoms with Crippen molar-refractivity contribution in [3.05, 3.63) is 95.2 Å². The van der Waals surface area contributed by atoms with Gasteiger partial charge in [0.05, 0.1) is 0 Å². The number of allylic oxidation sites excluding steroid dienone is 4. The first-order valence-corrected chi connectivity index (χ1v) is 8.12. The number of hydrogen-bond donors (Lipinski definition) is 2. The van der Waals surface area contributed by atoms with Gasteiger partial charge in [-0.05, 0) is 48.4 Å². The molecule has 0 radical (unpaired) electrons. The van der Waals surface area contributed by atoms with Crippen LogP contribution in [0.3, 0.4) is 0 Å². The minimum Gasteiger partial charge on any atom is -0.481 e. The van der Waals surface area contributed by atoms with Crippen molar-refractivity contribution in [2.24, 2.45) is 5.92 Å². The van der Waals surface area contributed by atoms with Crippen LogP contribution in [0.15, 0.2) is 78.0 Å². The lowest BCUT2D eigenvalue weighted by Crippen LogP contribution is -2.22. The van der Waals surface area contributed by atoms with Crippen LogP contribution < -0.4 is 5.32 Å². The highest BCUT2D eigenvalue weighted by atomic mass is 19.1. The Hall–Kier alpha value is -3.21. The van der Waals surface area contributed by atoms with E-state index in [9.17, 15) is 18.7 Å². The summed E-state index contributed by atoms with van der Waals surface area (Å²) in [6, 6.07) is 12.1. The quantitative estimate of drug-likeness (QED) is 0.795. The van der Waals surface area contributed by atoms with E-state index in [0.29, 0.717) is 23.4 Å². The molecular formula is C21H17F2NO2. The van der Waals surface area contributed by atoms with Gasteiger partial charge in [0.25, 0.3) is 0 Å². The Morgan fingerprint density at radius 1 is 1.08 bits per heavy atom. The molecule has 0 fully saturated rings. The predicted molar refractivity (Wildman–Crippen MR) is 97.4 cm³/mol. The van der Waals surface area contributed by atoms with E-state index in [1.807, 2.05) is 0 Å². The first-order chi connectivity index (χ1) is 12.5. The monoisotopic (exact) mass is 353 g/mol. The number of carboxylic acids is 1. The molecule has 26 heavy (non-hydrogen) atoms. The zero-order valence-electron chi connectivity index (χ0n) is 13.8. The fourth-order valence-electron chi connectivity index (χ4n) is 2.69. The van der Waals surface area contributed by atoms with Gasteiger partial charge in [-0.1, -0.05) is 36.4 Å². The first kappa shape index (κ1) is 17.6. The van der Waals surface area contributed by atoms with E-state index in [4.69, 9.17) is 0 Å². The zero-order chi connectivity index (χ0) is 18.5. The number of carbonyl (C=O) groups is 1. The first-order valence-electron chi connectivity index (χ1n) is 8.12. The summed E-state index contributed by atoms with van der Waals surface area (Å²) in [5.41, 5.74) is 2.33. The van der Waals surface area contributed by atoms with Crippen molar-refractivity contribution in [3.8, 4) is 0 Å². The van der Waals surface area contributed by atoms with E-state index < -0.39 is 11.9 Å². The Bertz CT molecular complexity index is 898. The lowest BCUT2D eigenvalue weighted by molar-refractivity contribution is -0.140. The molecular weight excluding hydrogens is 336 g/mol. The SMILES string of the molecule is O=C(O)C1CC=C(/C=C/c2ccccc2F)C=C1Nc1ccc(F)cc1. The normalized spacial score (nSPS) is 16.9. The van der Waals surface area contributed by atoms with Crippen LogP contribution in [0.25, 0.3) is 6.08 Å². The van der Waals surface area contributed by atoms with E-state index >= 15 is 0 Å². The third kappa shape index (κ3) is 4.25. The molecule has 3 nitrogen and oxygen atoms in total. The van der Waals surface area contributed by atoms with E-state index in [1.54, 1.807) is 54.6 Å². The van der Waals surface area contributed by atoms with Crippen LogP contribution in [0.1, 0.15) is 12.0 Å². The average Bonchev–Trinajstić information content (AvgIpc) is 2.63. The molecule has 1 aliphatic carbocycles. The summed E-state index contributed by atoms with van der Waals surface area (Å²) in [6.07, 6.45) is 7.21. The maximum Gasteiger partial charge on any atom is 0.312 e. The van der Waals surface area contributed by atoms with Gasteiger partial charge in [-0.2, -0.15) is 0 Å². The molecule has 1 aliphatic rings. The fraction of sp³-hybridized carbons (Fsp3) is 0.0952. The molecule has 2 N–H and O–H groups in total. The maximum atomic E-state index is 13.7. The number of carboxylic acid groups (broad SMARTS) is 1. The molecule has 0 saturated carbocycles. The van der Waals surface area contributed by atoms with Gasteiger partial charge < -0.3 is 10.4 Å². The molecule has 3 rings (SSSR count). The molecule has 5 heteroatoms. The van der Waals surface area contributed by atoms with Gasteiger partial charge in [-0.3, -0.25) is 4.79 Å². The molecule has 2 aromatic carbocycles. The minimum absolute atomic E-state index is 0.312. The number of aliphatic carboxylic acids is 1. The second kappa shape index (κ2) is 7.78. The summed E-state index contributed by atoms with van der Waals surface area (Å²) in [7, 11) is 0. The Balaban J connectivity index is 1.83. The molecule has 0 aromatic heterocycles. The second-order valence-corrected chi connectivity index (χ2v) is 5.92. The van der Waals surface area contributed by atoms with Crippen LogP contribution in [0.5, 0.6) is 0 Å². The molecule has 2 aromatic rings. The smallest absolute Gasteiger partial charge is 0.312 e. The second-order valence-electron chi connectivity index (χ2n) is 5.92. The third-order valence-corrected chi connectivity index (χ3v) is 4.08. The number of benzene rings is 2. The molecule has 0 spiro atoms. The van der Waals surface area contributed by atoms with Gasteiger partial charge in [0, 0.05) is 16.9 Å². The van der Waals surface area contributed by atoms with Crippen LogP contribution in [-0.4, -0.2) is 11.1 Å². The topological polar surface area (TPSA) is 49.3 Å². The molecule has 1 unspecified atom stereocenters. The van der Waals surface area contributed by atoms with Gasteiger partial charge in [-0.25, -0.2) is 8.78 Å². The third-order valence-electron chi connectivity index (χ3n) is 4.08. The largest absolute Gasteiger partial charge is 0.481 e. The molecule has 0 aliphatic heterocycles. The lowest BCUT2D eigenvalue weighted by atomic mass is 9.92. The van der Waals surface area contributed by atoms with Gasteiger partial charge in [0.1, 0.15) is 17.6 Å². The molecule has 0 heterocycles. The Kier molecular flexibility index (Phi) is 5.27. The Morgan fingerprint density at radius 2 is 1.81 bits per heavy atom. The number of nitrogens with one attached hydrogen (secondary N) is 1. The number of rotatable bonds is 5. The van der Waals surface area contributed by atoms with E-state index in [2.05, 4.69) is 5.32 Å². The van der Waals surface area contributed by atoms with Gasteiger partial charge in [0.2, 0.25) is 0 Å². The molecule has 0 amide bonds. The van der Waals surface area contributed by atoms with Crippen molar-refractivity contribution in [1.82, 2.24) is 0 Å². The van der Waals surface area contributed by atoms with E-state index in [0.717, 1.165) is 5.57 Å². The van der Waals surface area contributed by atoms with Gasteiger partial charge in [-0.15, -0.1) is 0 Å². The van der Waals surface area contributed by atoms with Crippen molar-refractivity contribution in [3.63, 3.8) is 0 Å². The maximum absolute atomic E-state index is 13.7. The van der Waals surface area contributed by atoms with Crippen molar-refractivity contribution in [1.29, 1.82) is 0 Å². The van der Waals surface area contributed by atoms with E-state index in [1.165, 1.54) is 18.2 Å². The van der Waals surface area contributed by atoms with Crippen molar-refractivity contribution >= 4 is 17.7 Å². The zero-order valence-corrected chi connectivity index (χ0v) is 13.8. The highest BCUT2D eigenvalue weighted by Crippen LogP contribution is 2.27. The van der Waals surface area contributed by atoms with Crippen LogP contribution in [-0.2, 0) is 4.79 Å². The minimum atomic E-state index is -0.945. The summed E-state index contributed by atoms with van der Waals surface area (Å²) in [4.78, 5) is 11.5. The van der Waals surface area contributed by atoms with Crippen molar-refractivity contribution in [2.75, 3.05) is 5.32 Å². The summed E-state index contributed by atoms with van der Waals surface area (Å²) in [6.45, 7) is 0. The Labute approximate surface area is 150 Å². The van der Waals surface area contributed by atoms with Crippen LogP contribution >= 0.6 is 0 Å². The highest BCUT2D eigenvalue weighted by molar-refractivity contribution is 5.77. The van der Waals surface area contributed by atoms with Crippen LogP contribution in [0.4, 0.5) is 14.5 Å². The summed E-state index contributed by atoms with van der Waals surface area (Å²) in [5.74, 6) is -2.35. The van der Waals surface area contributed by atoms with Gasteiger partial charge >= 0.3 is 5.97 Å². The molecule has 132 valence electrons. The standard InChI is InChI=1S/C21H17F2NO2/c22-16-8-10-17(11-9-16)24-20-13-14(6-12-18(20)21(25)26)5-7-15-3-1-2-4-19(15)23/h1-11,13,18,24H,12H2,(H,25,26)/b7-5+. The average molecular weight is 353 g/mol. The summed E-state index contributed by atoms with van der Waals surface area (Å²) >= 11 is 0. The van der Waals surface area contributed by atoms with Crippen LogP contribution in [0, 0.1) is 17.6 Å². The molecule has 0 bridgehead atoms. The molecule has 1 atom stereocenters. The van der Waals surface area contributed by atoms with Crippen molar-refractivity contribution in [2.45, 2.75) is 6.42 Å². The lowest BCUT2D eigenvalue weighted by Gasteiger charge is -2.21. The molecule has 0 saturated heterocycles. The Morgan fingerprint density at radius 3 is 2.50 bits per heavy atom. The number of halogens is 2. The predicted octanol–water partition coefficient (Wildman–Crippen LogP) is 5.00. The highest BCUT2D eigenvalue weighted by Gasteiger charge is 2.24. The summed E-state index contributed by atoms with van der Waals surface area (Å²) < 4.78 is 26.7. The number of anilines is 1. The van der Waals surface area contributed by atoms with Crippen LogP contribution in [0.2, 0.25) is 0 Å². The van der Waals surface area contributed by atoms with Gasteiger partial charge in [0.15, 0.2) is 0 Å². The fourth-order valence-corrected chi connectivity index (χ4v) is 2.69.